The van der Waals surface area contributed by atoms with Crippen LogP contribution < -0.4 is 0 Å². The van der Waals surface area contributed by atoms with Gasteiger partial charge in [0.25, 0.3) is 5.91 Å². The molecule has 0 aromatic carbocycles. The molecule has 4 rings (SSSR count). The van der Waals surface area contributed by atoms with Crippen LogP contribution in [0, 0.1) is 18.8 Å². The number of aryl methyl sites for hydroxylation is 1. The zero-order valence-corrected chi connectivity index (χ0v) is 13.0. The fraction of sp³-hybridized carbons (Fsp3) is 0.562. The van der Waals surface area contributed by atoms with E-state index in [0.717, 1.165) is 30.2 Å². The van der Waals surface area contributed by atoms with E-state index in [0.29, 0.717) is 29.4 Å². The summed E-state index contributed by atoms with van der Waals surface area (Å²) in [5.74, 6) is 2.75. The number of hydrogen-bond donors (Lipinski definition) is 1. The summed E-state index contributed by atoms with van der Waals surface area (Å²) >= 11 is 0. The van der Waals surface area contributed by atoms with Crippen LogP contribution in [-0.2, 0) is 0 Å². The number of carbonyl (C=O) groups is 1. The van der Waals surface area contributed by atoms with Gasteiger partial charge in [0.15, 0.2) is 0 Å². The molecule has 2 aliphatic rings. The molecule has 1 aliphatic heterocycles. The van der Waals surface area contributed by atoms with Gasteiger partial charge in [0.05, 0.1) is 5.69 Å². The first-order valence-electron chi connectivity index (χ1n) is 7.82. The third-order valence-electron chi connectivity index (χ3n) is 4.91. The van der Waals surface area contributed by atoms with Crippen molar-refractivity contribution in [2.45, 2.75) is 32.6 Å². The quantitative estimate of drug-likeness (QED) is 0.944. The minimum atomic E-state index is 0.0328. The number of aromatic amines is 1. The average molecular weight is 300 g/mol. The van der Waals surface area contributed by atoms with Crippen molar-refractivity contribution in [3.63, 3.8) is 0 Å². The molecule has 1 saturated carbocycles. The monoisotopic (exact) mass is 300 g/mol. The van der Waals surface area contributed by atoms with Gasteiger partial charge in [-0.1, -0.05) is 19.0 Å². The summed E-state index contributed by atoms with van der Waals surface area (Å²) in [6.07, 6.45) is 0. The molecule has 3 heterocycles. The maximum absolute atomic E-state index is 12.5. The molecule has 116 valence electrons. The van der Waals surface area contributed by atoms with Crippen LogP contribution >= 0.6 is 0 Å². The molecule has 2 fully saturated rings. The number of hydrogen-bond acceptors (Lipinski definition) is 4. The lowest BCUT2D eigenvalue weighted by molar-refractivity contribution is 0.0766. The lowest BCUT2D eigenvalue weighted by atomic mass is 10.1. The highest BCUT2D eigenvalue weighted by Gasteiger charge is 2.58. The van der Waals surface area contributed by atoms with Gasteiger partial charge < -0.3 is 9.42 Å². The van der Waals surface area contributed by atoms with Crippen LogP contribution in [0.4, 0.5) is 0 Å². The topological polar surface area (TPSA) is 75.0 Å². The van der Waals surface area contributed by atoms with Gasteiger partial charge in [-0.2, -0.15) is 5.10 Å². The molecule has 1 aliphatic carbocycles. The molecule has 0 bridgehead atoms. The Labute approximate surface area is 128 Å². The summed E-state index contributed by atoms with van der Waals surface area (Å²) in [6.45, 7) is 7.66. The second-order valence-electron chi connectivity index (χ2n) is 6.79. The smallest absolute Gasteiger partial charge is 0.274 e. The number of nitrogens with one attached hydrogen (secondary N) is 1. The highest BCUT2D eigenvalue weighted by Crippen LogP contribution is 2.57. The molecule has 0 radical (unpaired) electrons. The number of rotatable bonds is 3. The molecule has 2 aromatic heterocycles. The first-order chi connectivity index (χ1) is 10.5. The molecule has 1 unspecified atom stereocenters. The van der Waals surface area contributed by atoms with Crippen LogP contribution in [-0.4, -0.2) is 39.3 Å². The highest BCUT2D eigenvalue weighted by atomic mass is 16.5. The Hall–Kier alpha value is -2.11. The van der Waals surface area contributed by atoms with E-state index in [9.17, 15) is 4.79 Å². The number of likely N-dealkylation sites (tertiary alicyclic amines) is 1. The van der Waals surface area contributed by atoms with Crippen molar-refractivity contribution in [2.75, 3.05) is 13.1 Å². The van der Waals surface area contributed by atoms with Crippen molar-refractivity contribution in [3.8, 4) is 0 Å². The second-order valence-corrected chi connectivity index (χ2v) is 6.79. The van der Waals surface area contributed by atoms with Gasteiger partial charge in [-0.3, -0.25) is 9.89 Å². The normalized spacial score (nSPS) is 26.5. The number of H-pyrrole nitrogens is 1. The largest absolute Gasteiger partial charge is 0.361 e. The van der Waals surface area contributed by atoms with Gasteiger partial charge in [-0.05, 0) is 30.7 Å². The Morgan fingerprint density at radius 3 is 2.64 bits per heavy atom. The van der Waals surface area contributed by atoms with Crippen LogP contribution in [0.5, 0.6) is 0 Å². The van der Waals surface area contributed by atoms with Gasteiger partial charge in [-0.15, -0.1) is 0 Å². The molecular formula is C16H20N4O2. The van der Waals surface area contributed by atoms with E-state index in [4.69, 9.17) is 4.52 Å². The SMILES string of the molecule is Cc1cc(C2[C@H]3CN(C(=O)c4cc(C(C)C)[nH]n4)C[C@@H]23)no1. The summed E-state index contributed by atoms with van der Waals surface area (Å²) in [5, 5.41) is 11.2. The predicted molar refractivity (Wildman–Crippen MR) is 79.5 cm³/mol. The maximum atomic E-state index is 12.5. The number of nitrogens with zero attached hydrogens (tertiary/aromatic N) is 3. The number of fused-ring (bicyclic) bond motifs is 1. The average Bonchev–Trinajstić information content (AvgIpc) is 2.97. The number of carbonyl (C=O) groups excluding carboxylic acids is 1. The van der Waals surface area contributed by atoms with Crippen molar-refractivity contribution in [1.29, 1.82) is 0 Å². The summed E-state index contributed by atoms with van der Waals surface area (Å²) in [7, 11) is 0. The van der Waals surface area contributed by atoms with Crippen LogP contribution in [0.3, 0.4) is 0 Å². The Morgan fingerprint density at radius 1 is 1.36 bits per heavy atom. The Balaban J connectivity index is 1.42. The molecule has 6 heteroatoms. The minimum Gasteiger partial charge on any atom is -0.361 e. The third-order valence-corrected chi connectivity index (χ3v) is 4.91. The molecular weight excluding hydrogens is 280 g/mol. The first kappa shape index (κ1) is 13.5. The van der Waals surface area contributed by atoms with E-state index >= 15 is 0 Å². The number of amides is 1. The van der Waals surface area contributed by atoms with E-state index in [-0.39, 0.29) is 5.91 Å². The van der Waals surface area contributed by atoms with E-state index in [1.807, 2.05) is 24.0 Å². The van der Waals surface area contributed by atoms with Gasteiger partial charge in [0.1, 0.15) is 11.5 Å². The van der Waals surface area contributed by atoms with Crippen molar-refractivity contribution in [1.82, 2.24) is 20.3 Å². The van der Waals surface area contributed by atoms with Crippen LogP contribution in [0.1, 0.15) is 53.3 Å². The molecule has 1 N–H and O–H groups in total. The maximum Gasteiger partial charge on any atom is 0.274 e. The van der Waals surface area contributed by atoms with Crippen molar-refractivity contribution in [3.05, 3.63) is 35.0 Å². The van der Waals surface area contributed by atoms with Gasteiger partial charge in [0, 0.05) is 30.8 Å². The first-order valence-corrected chi connectivity index (χ1v) is 7.82. The Kier molecular flexibility index (Phi) is 2.89. The highest BCUT2D eigenvalue weighted by molar-refractivity contribution is 5.92. The second kappa shape index (κ2) is 4.69. The number of piperidine rings is 1. The zero-order chi connectivity index (χ0) is 15.4. The minimum absolute atomic E-state index is 0.0328. The molecule has 1 saturated heterocycles. The van der Waals surface area contributed by atoms with Gasteiger partial charge in [-0.25, -0.2) is 0 Å². The molecule has 0 spiro atoms. The van der Waals surface area contributed by atoms with Crippen molar-refractivity contribution < 1.29 is 9.32 Å². The fourth-order valence-corrected chi connectivity index (χ4v) is 3.58. The predicted octanol–water partition coefficient (Wildman–Crippen LogP) is 2.32. The number of aromatic nitrogens is 3. The molecule has 3 atom stereocenters. The van der Waals surface area contributed by atoms with Crippen molar-refractivity contribution in [2.24, 2.45) is 11.8 Å². The molecule has 1 amide bonds. The zero-order valence-electron chi connectivity index (χ0n) is 13.0. The van der Waals surface area contributed by atoms with Crippen molar-refractivity contribution >= 4 is 5.91 Å². The molecule has 6 nitrogen and oxygen atoms in total. The van der Waals surface area contributed by atoms with Gasteiger partial charge in [0.2, 0.25) is 0 Å². The lowest BCUT2D eigenvalue weighted by Crippen LogP contribution is -2.31. The molecule has 2 aromatic rings. The van der Waals surface area contributed by atoms with Crippen LogP contribution in [0.2, 0.25) is 0 Å². The van der Waals surface area contributed by atoms with E-state index in [2.05, 4.69) is 29.2 Å². The Morgan fingerprint density at radius 2 is 2.09 bits per heavy atom. The Bertz CT molecular complexity index is 705. The standard InChI is InChI=1S/C16H20N4O2/c1-8(2)12-5-14(18-17-12)16(21)20-6-10-11(7-20)15(10)13-4-9(3)22-19-13/h4-5,8,10-11,15H,6-7H2,1-3H3,(H,17,18)/t10-,11+,15?. The summed E-state index contributed by atoms with van der Waals surface area (Å²) in [6, 6.07) is 3.88. The lowest BCUT2D eigenvalue weighted by Gasteiger charge is -2.18. The summed E-state index contributed by atoms with van der Waals surface area (Å²) < 4.78 is 5.16. The van der Waals surface area contributed by atoms with E-state index in [1.165, 1.54) is 0 Å². The fourth-order valence-electron chi connectivity index (χ4n) is 3.58. The van der Waals surface area contributed by atoms with E-state index in [1.54, 1.807) is 0 Å². The van der Waals surface area contributed by atoms with E-state index < -0.39 is 0 Å². The van der Waals surface area contributed by atoms with Gasteiger partial charge >= 0.3 is 0 Å². The summed E-state index contributed by atoms with van der Waals surface area (Å²) in [5.41, 5.74) is 2.57. The van der Waals surface area contributed by atoms with Crippen LogP contribution in [0.15, 0.2) is 16.7 Å². The van der Waals surface area contributed by atoms with Crippen LogP contribution in [0.25, 0.3) is 0 Å². The third kappa shape index (κ3) is 2.05. The molecule has 22 heavy (non-hydrogen) atoms. The summed E-state index contributed by atoms with van der Waals surface area (Å²) in [4.78, 5) is 14.4.